The molecule has 0 amide bonds. The van der Waals surface area contributed by atoms with Crippen LogP contribution in [0, 0.1) is 0 Å². The van der Waals surface area contributed by atoms with Crippen LogP contribution >= 0.6 is 0 Å². The molecule has 1 N–H and O–H groups in total. The second kappa shape index (κ2) is 7.09. The zero-order valence-corrected chi connectivity index (χ0v) is 13.1. The second-order valence-corrected chi connectivity index (χ2v) is 5.99. The van der Waals surface area contributed by atoms with E-state index < -0.39 is 0 Å². The third kappa shape index (κ3) is 3.97. The SMILES string of the molecule is CCC1CNC(C)(CC)CN1CCOc1ccccc1. The topological polar surface area (TPSA) is 24.5 Å². The lowest BCUT2D eigenvalue weighted by molar-refractivity contribution is 0.0691. The maximum absolute atomic E-state index is 5.84. The molecule has 1 fully saturated rings. The first-order valence-corrected chi connectivity index (χ1v) is 7.84. The molecule has 0 radical (unpaired) electrons. The van der Waals surface area contributed by atoms with E-state index in [2.05, 4.69) is 31.0 Å². The van der Waals surface area contributed by atoms with Gasteiger partial charge in [-0.25, -0.2) is 0 Å². The number of ether oxygens (including phenoxy) is 1. The lowest BCUT2D eigenvalue weighted by Crippen LogP contribution is -2.63. The summed E-state index contributed by atoms with van der Waals surface area (Å²) in [7, 11) is 0. The smallest absolute Gasteiger partial charge is 0.119 e. The van der Waals surface area contributed by atoms with Gasteiger partial charge in [-0.1, -0.05) is 32.0 Å². The molecule has 112 valence electrons. The van der Waals surface area contributed by atoms with Gasteiger partial charge in [-0.2, -0.15) is 0 Å². The minimum absolute atomic E-state index is 0.248. The molecule has 1 aliphatic rings. The van der Waals surface area contributed by atoms with Gasteiger partial charge in [0.1, 0.15) is 12.4 Å². The average molecular weight is 276 g/mol. The minimum atomic E-state index is 0.248. The molecule has 1 heterocycles. The number of hydrogen-bond donors (Lipinski definition) is 1. The minimum Gasteiger partial charge on any atom is -0.492 e. The van der Waals surface area contributed by atoms with Crippen molar-refractivity contribution >= 4 is 0 Å². The monoisotopic (exact) mass is 276 g/mol. The number of piperazine rings is 1. The van der Waals surface area contributed by atoms with Gasteiger partial charge in [-0.3, -0.25) is 4.90 Å². The summed E-state index contributed by atoms with van der Waals surface area (Å²) in [5.74, 6) is 0.967. The second-order valence-electron chi connectivity index (χ2n) is 5.99. The Morgan fingerprint density at radius 3 is 2.70 bits per heavy atom. The van der Waals surface area contributed by atoms with Crippen molar-refractivity contribution in [2.75, 3.05) is 26.2 Å². The van der Waals surface area contributed by atoms with Crippen LogP contribution in [0.2, 0.25) is 0 Å². The van der Waals surface area contributed by atoms with E-state index in [4.69, 9.17) is 4.74 Å². The van der Waals surface area contributed by atoms with Crippen LogP contribution in [0.3, 0.4) is 0 Å². The van der Waals surface area contributed by atoms with Gasteiger partial charge in [-0.15, -0.1) is 0 Å². The molecule has 3 nitrogen and oxygen atoms in total. The van der Waals surface area contributed by atoms with Gasteiger partial charge < -0.3 is 10.1 Å². The van der Waals surface area contributed by atoms with E-state index in [1.165, 1.54) is 12.8 Å². The first-order valence-electron chi connectivity index (χ1n) is 7.84. The fourth-order valence-electron chi connectivity index (χ4n) is 2.82. The Kier molecular flexibility index (Phi) is 5.44. The lowest BCUT2D eigenvalue weighted by atomic mass is 9.93. The summed E-state index contributed by atoms with van der Waals surface area (Å²) < 4.78 is 5.84. The fraction of sp³-hybridized carbons (Fsp3) is 0.647. The van der Waals surface area contributed by atoms with Gasteiger partial charge in [0, 0.05) is 31.2 Å². The predicted octanol–water partition coefficient (Wildman–Crippen LogP) is 2.92. The largest absolute Gasteiger partial charge is 0.492 e. The zero-order chi connectivity index (χ0) is 14.4. The third-order valence-corrected chi connectivity index (χ3v) is 4.47. The zero-order valence-electron chi connectivity index (χ0n) is 13.1. The van der Waals surface area contributed by atoms with Gasteiger partial charge in [0.15, 0.2) is 0 Å². The van der Waals surface area contributed by atoms with Crippen molar-refractivity contribution < 1.29 is 4.74 Å². The Balaban J connectivity index is 1.85. The summed E-state index contributed by atoms with van der Waals surface area (Å²) in [6, 6.07) is 10.7. The standard InChI is InChI=1S/C17H28N2O/c1-4-15-13-18-17(3,5-2)14-19(15)11-12-20-16-9-7-6-8-10-16/h6-10,15,18H,4-5,11-14H2,1-3H3. The number of rotatable bonds is 6. The van der Waals surface area contributed by atoms with E-state index in [0.29, 0.717) is 6.04 Å². The quantitative estimate of drug-likeness (QED) is 0.864. The molecule has 0 bridgehead atoms. The van der Waals surface area contributed by atoms with Crippen LogP contribution in [0.15, 0.2) is 30.3 Å². The molecular formula is C17H28N2O. The number of para-hydroxylation sites is 1. The normalized spacial score (nSPS) is 27.4. The van der Waals surface area contributed by atoms with Crippen molar-refractivity contribution in [3.8, 4) is 5.75 Å². The summed E-state index contributed by atoms with van der Waals surface area (Å²) in [6.07, 6.45) is 2.36. The Morgan fingerprint density at radius 2 is 2.05 bits per heavy atom. The predicted molar refractivity (Wildman–Crippen MR) is 84.3 cm³/mol. The highest BCUT2D eigenvalue weighted by Gasteiger charge is 2.33. The van der Waals surface area contributed by atoms with Crippen LogP contribution in [0.1, 0.15) is 33.6 Å². The van der Waals surface area contributed by atoms with Crippen molar-refractivity contribution in [3.05, 3.63) is 30.3 Å². The van der Waals surface area contributed by atoms with E-state index in [1.807, 2.05) is 30.3 Å². The molecule has 20 heavy (non-hydrogen) atoms. The highest BCUT2D eigenvalue weighted by Crippen LogP contribution is 2.20. The first kappa shape index (κ1) is 15.3. The molecule has 1 aliphatic heterocycles. The molecule has 2 unspecified atom stereocenters. The molecule has 1 saturated heterocycles. The highest BCUT2D eigenvalue weighted by molar-refractivity contribution is 5.20. The Bertz CT molecular complexity index is 395. The summed E-state index contributed by atoms with van der Waals surface area (Å²) in [5, 5.41) is 3.70. The number of hydrogen-bond acceptors (Lipinski definition) is 3. The van der Waals surface area contributed by atoms with Gasteiger partial charge in [0.2, 0.25) is 0 Å². The average Bonchev–Trinajstić information content (AvgIpc) is 2.49. The van der Waals surface area contributed by atoms with Crippen molar-refractivity contribution in [3.63, 3.8) is 0 Å². The number of nitrogens with one attached hydrogen (secondary N) is 1. The van der Waals surface area contributed by atoms with Crippen molar-refractivity contribution in [1.29, 1.82) is 0 Å². The van der Waals surface area contributed by atoms with Crippen LogP contribution < -0.4 is 10.1 Å². The first-order chi connectivity index (χ1) is 9.67. The van der Waals surface area contributed by atoms with Crippen LogP contribution in [-0.4, -0.2) is 42.7 Å². The molecule has 2 atom stereocenters. The van der Waals surface area contributed by atoms with Gasteiger partial charge in [0.25, 0.3) is 0 Å². The molecule has 0 aromatic heterocycles. The third-order valence-electron chi connectivity index (χ3n) is 4.47. The molecule has 0 saturated carbocycles. The summed E-state index contributed by atoms with van der Waals surface area (Å²) in [6.45, 7) is 10.8. The van der Waals surface area contributed by atoms with Crippen LogP contribution in [-0.2, 0) is 0 Å². The fourth-order valence-corrected chi connectivity index (χ4v) is 2.82. The molecule has 0 aliphatic carbocycles. The summed E-state index contributed by atoms with van der Waals surface area (Å²) in [5.41, 5.74) is 0.248. The number of benzene rings is 1. The van der Waals surface area contributed by atoms with Crippen LogP contribution in [0.5, 0.6) is 5.75 Å². The Labute approximate surface area is 123 Å². The van der Waals surface area contributed by atoms with E-state index in [0.717, 1.165) is 32.0 Å². The van der Waals surface area contributed by atoms with Crippen molar-refractivity contribution in [1.82, 2.24) is 10.2 Å². The van der Waals surface area contributed by atoms with Crippen LogP contribution in [0.25, 0.3) is 0 Å². The van der Waals surface area contributed by atoms with E-state index >= 15 is 0 Å². The van der Waals surface area contributed by atoms with Gasteiger partial charge in [-0.05, 0) is 31.9 Å². The van der Waals surface area contributed by atoms with Crippen molar-refractivity contribution in [2.45, 2.75) is 45.2 Å². The van der Waals surface area contributed by atoms with Gasteiger partial charge >= 0.3 is 0 Å². The maximum atomic E-state index is 5.84. The van der Waals surface area contributed by atoms with Crippen molar-refractivity contribution in [2.24, 2.45) is 0 Å². The van der Waals surface area contributed by atoms with E-state index in [-0.39, 0.29) is 5.54 Å². The highest BCUT2D eigenvalue weighted by atomic mass is 16.5. The molecule has 0 spiro atoms. The molecular weight excluding hydrogens is 248 g/mol. The molecule has 1 aromatic rings. The van der Waals surface area contributed by atoms with Gasteiger partial charge in [0.05, 0.1) is 0 Å². The Hall–Kier alpha value is -1.06. The molecule has 2 rings (SSSR count). The van der Waals surface area contributed by atoms with E-state index in [1.54, 1.807) is 0 Å². The number of nitrogens with zero attached hydrogens (tertiary/aromatic N) is 1. The lowest BCUT2D eigenvalue weighted by Gasteiger charge is -2.45. The molecule has 3 heteroatoms. The van der Waals surface area contributed by atoms with Crippen LogP contribution in [0.4, 0.5) is 0 Å². The molecule has 1 aromatic carbocycles. The van der Waals surface area contributed by atoms with E-state index in [9.17, 15) is 0 Å². The summed E-state index contributed by atoms with van der Waals surface area (Å²) in [4.78, 5) is 2.59. The summed E-state index contributed by atoms with van der Waals surface area (Å²) >= 11 is 0. The Morgan fingerprint density at radius 1 is 1.30 bits per heavy atom. The maximum Gasteiger partial charge on any atom is 0.119 e.